The largest absolute Gasteiger partial charge is 0.459 e. The molecule has 114 valence electrons. The molecule has 23 heavy (non-hydrogen) atoms. The summed E-state index contributed by atoms with van der Waals surface area (Å²) in [7, 11) is 0. The zero-order valence-electron chi connectivity index (χ0n) is 11.7. The fourth-order valence-corrected chi connectivity index (χ4v) is 2.13. The molecule has 8 nitrogen and oxygen atoms in total. The van der Waals surface area contributed by atoms with Gasteiger partial charge in [-0.2, -0.15) is 10.1 Å². The summed E-state index contributed by atoms with van der Waals surface area (Å²) in [5, 5.41) is 11.2. The number of ether oxygens (including phenoxy) is 1. The van der Waals surface area contributed by atoms with Crippen LogP contribution < -0.4 is 0 Å². The molecule has 3 heterocycles. The minimum Gasteiger partial charge on any atom is -0.459 e. The molecule has 0 aliphatic carbocycles. The lowest BCUT2D eigenvalue weighted by molar-refractivity contribution is 0.0455. The molecule has 1 aromatic carbocycles. The van der Waals surface area contributed by atoms with Crippen LogP contribution >= 0.6 is 0 Å². The predicted molar refractivity (Wildman–Crippen MR) is 77.2 cm³/mol. The number of nitrogens with one attached hydrogen (secondary N) is 1. The minimum absolute atomic E-state index is 0.121. The monoisotopic (exact) mass is 310 g/mol. The molecule has 0 aliphatic rings. The average molecular weight is 310 g/mol. The minimum atomic E-state index is -0.563. The first-order chi connectivity index (χ1) is 11.3. The number of H-pyrrole nitrogens is 1. The second-order valence-corrected chi connectivity index (χ2v) is 4.69. The van der Waals surface area contributed by atoms with Crippen LogP contribution in [0.5, 0.6) is 0 Å². The van der Waals surface area contributed by atoms with Gasteiger partial charge in [0, 0.05) is 5.39 Å². The van der Waals surface area contributed by atoms with Gasteiger partial charge in [0.15, 0.2) is 18.1 Å². The SMILES string of the molecule is O=C(OCc1noc(-c2ccco2)n1)c1n[nH]c2ccccc12. The standard InChI is InChI=1S/C15H10N4O4/c20-15(13-9-4-1-2-5-10(9)17-18-13)22-8-12-16-14(23-19-12)11-6-3-7-21-11/h1-7H,8H2,(H,17,18). The van der Waals surface area contributed by atoms with E-state index in [1.165, 1.54) is 6.26 Å². The summed E-state index contributed by atoms with van der Waals surface area (Å²) in [6.45, 7) is -0.121. The number of nitrogens with zero attached hydrogens (tertiary/aromatic N) is 3. The maximum Gasteiger partial charge on any atom is 0.359 e. The van der Waals surface area contributed by atoms with Crippen molar-refractivity contribution in [3.05, 3.63) is 54.2 Å². The third kappa shape index (κ3) is 2.46. The molecule has 0 unspecified atom stereocenters. The fourth-order valence-electron chi connectivity index (χ4n) is 2.13. The van der Waals surface area contributed by atoms with Gasteiger partial charge in [-0.25, -0.2) is 4.79 Å². The number of rotatable bonds is 4. The molecule has 3 aromatic heterocycles. The van der Waals surface area contributed by atoms with Crippen LogP contribution in [-0.4, -0.2) is 26.3 Å². The van der Waals surface area contributed by atoms with Gasteiger partial charge in [0.1, 0.15) is 0 Å². The molecule has 0 aliphatic heterocycles. The molecule has 0 saturated carbocycles. The van der Waals surface area contributed by atoms with Gasteiger partial charge >= 0.3 is 5.97 Å². The van der Waals surface area contributed by atoms with Crippen LogP contribution in [0.4, 0.5) is 0 Å². The van der Waals surface area contributed by atoms with Crippen molar-refractivity contribution in [3.63, 3.8) is 0 Å². The number of aromatic nitrogens is 4. The molecular weight excluding hydrogens is 300 g/mol. The molecular formula is C15H10N4O4. The summed E-state index contributed by atoms with van der Waals surface area (Å²) in [5.41, 5.74) is 0.981. The Kier molecular flexibility index (Phi) is 3.12. The van der Waals surface area contributed by atoms with Crippen molar-refractivity contribution in [1.82, 2.24) is 20.3 Å². The molecule has 0 atom stereocenters. The van der Waals surface area contributed by atoms with E-state index >= 15 is 0 Å². The molecule has 0 spiro atoms. The van der Waals surface area contributed by atoms with E-state index in [9.17, 15) is 4.79 Å². The Morgan fingerprint density at radius 3 is 3.00 bits per heavy atom. The predicted octanol–water partition coefficient (Wildman–Crippen LogP) is 2.56. The molecule has 0 amide bonds. The highest BCUT2D eigenvalue weighted by Gasteiger charge is 2.17. The summed E-state index contributed by atoms with van der Waals surface area (Å²) in [6.07, 6.45) is 1.50. The number of para-hydroxylation sites is 1. The fraction of sp³-hybridized carbons (Fsp3) is 0.0667. The highest BCUT2D eigenvalue weighted by atomic mass is 16.5. The number of hydrogen-bond acceptors (Lipinski definition) is 7. The summed E-state index contributed by atoms with van der Waals surface area (Å²) in [6, 6.07) is 10.7. The van der Waals surface area contributed by atoms with Gasteiger partial charge in [0.05, 0.1) is 11.8 Å². The number of carbonyl (C=O) groups excluding carboxylic acids is 1. The van der Waals surface area contributed by atoms with E-state index in [-0.39, 0.29) is 24.0 Å². The highest BCUT2D eigenvalue weighted by molar-refractivity contribution is 6.01. The second-order valence-electron chi connectivity index (χ2n) is 4.69. The second kappa shape index (κ2) is 5.41. The van der Waals surface area contributed by atoms with E-state index in [2.05, 4.69) is 20.3 Å². The molecule has 0 bridgehead atoms. The van der Waals surface area contributed by atoms with Crippen LogP contribution in [0.3, 0.4) is 0 Å². The molecule has 0 radical (unpaired) electrons. The lowest BCUT2D eigenvalue weighted by atomic mass is 10.2. The van der Waals surface area contributed by atoms with Crippen molar-refractivity contribution in [3.8, 4) is 11.7 Å². The first kappa shape index (κ1) is 13.3. The van der Waals surface area contributed by atoms with Gasteiger partial charge in [0.2, 0.25) is 5.82 Å². The maximum absolute atomic E-state index is 12.1. The van der Waals surface area contributed by atoms with E-state index in [1.807, 2.05) is 18.2 Å². The number of aromatic amines is 1. The van der Waals surface area contributed by atoms with Gasteiger partial charge in [-0.3, -0.25) is 5.10 Å². The average Bonchev–Trinajstić information content (AvgIpc) is 3.31. The first-order valence-electron chi connectivity index (χ1n) is 6.78. The lowest BCUT2D eigenvalue weighted by Crippen LogP contribution is -2.07. The lowest BCUT2D eigenvalue weighted by Gasteiger charge is -1.99. The van der Waals surface area contributed by atoms with Crippen LogP contribution in [-0.2, 0) is 11.3 Å². The quantitative estimate of drug-likeness (QED) is 0.577. The van der Waals surface area contributed by atoms with Gasteiger partial charge in [0.25, 0.3) is 5.89 Å². The van der Waals surface area contributed by atoms with Crippen LogP contribution in [0.1, 0.15) is 16.3 Å². The molecule has 4 rings (SSSR count). The maximum atomic E-state index is 12.1. The Labute approximate surface area is 129 Å². The van der Waals surface area contributed by atoms with E-state index < -0.39 is 5.97 Å². The van der Waals surface area contributed by atoms with Crippen molar-refractivity contribution in [2.75, 3.05) is 0 Å². The van der Waals surface area contributed by atoms with E-state index in [1.54, 1.807) is 18.2 Å². The number of esters is 1. The topological polar surface area (TPSA) is 107 Å². The summed E-state index contributed by atoms with van der Waals surface area (Å²) in [4.78, 5) is 16.2. The van der Waals surface area contributed by atoms with Gasteiger partial charge in [-0.05, 0) is 18.2 Å². The summed E-state index contributed by atoms with van der Waals surface area (Å²) < 4.78 is 15.4. The van der Waals surface area contributed by atoms with Crippen LogP contribution in [0, 0.1) is 0 Å². The number of fused-ring (bicyclic) bond motifs is 1. The molecule has 1 N–H and O–H groups in total. The zero-order chi connectivity index (χ0) is 15.6. The van der Waals surface area contributed by atoms with Gasteiger partial charge in [-0.1, -0.05) is 23.4 Å². The zero-order valence-corrected chi connectivity index (χ0v) is 11.7. The number of carbonyl (C=O) groups is 1. The highest BCUT2D eigenvalue weighted by Crippen LogP contribution is 2.18. The van der Waals surface area contributed by atoms with E-state index in [0.717, 1.165) is 5.52 Å². The van der Waals surface area contributed by atoms with Crippen LogP contribution in [0.15, 0.2) is 51.6 Å². The third-order valence-corrected chi connectivity index (χ3v) is 3.20. The van der Waals surface area contributed by atoms with Gasteiger partial charge < -0.3 is 13.7 Å². The number of benzene rings is 1. The Balaban J connectivity index is 1.48. The Morgan fingerprint density at radius 1 is 1.22 bits per heavy atom. The smallest absolute Gasteiger partial charge is 0.359 e. The van der Waals surface area contributed by atoms with Crippen LogP contribution in [0.2, 0.25) is 0 Å². The molecule has 0 saturated heterocycles. The van der Waals surface area contributed by atoms with E-state index in [0.29, 0.717) is 11.1 Å². The molecule has 8 heteroatoms. The van der Waals surface area contributed by atoms with Crippen LogP contribution in [0.25, 0.3) is 22.6 Å². The number of furan rings is 1. The number of hydrogen-bond donors (Lipinski definition) is 1. The Morgan fingerprint density at radius 2 is 2.13 bits per heavy atom. The normalized spacial score (nSPS) is 11.0. The summed E-state index contributed by atoms with van der Waals surface area (Å²) >= 11 is 0. The van der Waals surface area contributed by atoms with Crippen molar-refractivity contribution in [1.29, 1.82) is 0 Å². The molecule has 4 aromatic rings. The van der Waals surface area contributed by atoms with Crippen molar-refractivity contribution < 1.29 is 18.5 Å². The van der Waals surface area contributed by atoms with Crippen molar-refractivity contribution >= 4 is 16.9 Å². The third-order valence-electron chi connectivity index (χ3n) is 3.20. The Bertz CT molecular complexity index is 955. The van der Waals surface area contributed by atoms with Crippen molar-refractivity contribution in [2.45, 2.75) is 6.61 Å². The van der Waals surface area contributed by atoms with Crippen molar-refractivity contribution in [2.24, 2.45) is 0 Å². The Hall–Kier alpha value is -3.42. The van der Waals surface area contributed by atoms with Gasteiger partial charge in [-0.15, -0.1) is 0 Å². The van der Waals surface area contributed by atoms with E-state index in [4.69, 9.17) is 13.7 Å². The summed E-state index contributed by atoms with van der Waals surface area (Å²) in [5.74, 6) is 0.357. The first-order valence-corrected chi connectivity index (χ1v) is 6.78. The molecule has 0 fully saturated rings.